The van der Waals surface area contributed by atoms with E-state index < -0.39 is 14.9 Å². The first-order chi connectivity index (χ1) is 14.3. The number of nitrogens with zero attached hydrogens (tertiary/aromatic N) is 4. The van der Waals surface area contributed by atoms with Crippen LogP contribution in [0.5, 0.6) is 0 Å². The first-order valence-corrected chi connectivity index (χ1v) is 10.9. The molecule has 2 aromatic carbocycles. The van der Waals surface area contributed by atoms with Crippen LogP contribution < -0.4 is 0 Å². The molecular formula is C20H20N4O5S. The number of rotatable bonds is 5. The highest BCUT2D eigenvalue weighted by atomic mass is 32.2. The Labute approximate surface area is 173 Å². The van der Waals surface area contributed by atoms with Crippen LogP contribution in [0.25, 0.3) is 11.4 Å². The Bertz CT molecular complexity index is 1160. The monoisotopic (exact) mass is 428 g/mol. The van der Waals surface area contributed by atoms with E-state index in [2.05, 4.69) is 10.1 Å². The fourth-order valence-electron chi connectivity index (χ4n) is 3.47. The number of hydrogen-bond acceptors (Lipinski definition) is 7. The lowest BCUT2D eigenvalue weighted by Crippen LogP contribution is -2.39. The average molecular weight is 428 g/mol. The van der Waals surface area contributed by atoms with Gasteiger partial charge >= 0.3 is 0 Å². The Hall–Kier alpha value is -3.11. The number of piperidine rings is 1. The molecule has 2 heterocycles. The van der Waals surface area contributed by atoms with E-state index in [1.54, 1.807) is 0 Å². The quantitative estimate of drug-likeness (QED) is 0.450. The van der Waals surface area contributed by atoms with Crippen molar-refractivity contribution in [1.82, 2.24) is 14.4 Å². The van der Waals surface area contributed by atoms with E-state index >= 15 is 0 Å². The summed E-state index contributed by atoms with van der Waals surface area (Å²) in [6, 6.07) is 12.7. The third-order valence-electron chi connectivity index (χ3n) is 5.17. The average Bonchev–Trinajstić information content (AvgIpc) is 3.25. The summed E-state index contributed by atoms with van der Waals surface area (Å²) < 4.78 is 32.8. The first-order valence-electron chi connectivity index (χ1n) is 9.50. The van der Waals surface area contributed by atoms with Crippen LogP contribution in [0.3, 0.4) is 0 Å². The standard InChI is InChI=1S/C20H20N4O5S/c1-14-4-6-15(7-5-14)19-21-20(29-22-19)16-3-2-12-23(13-16)30(27,28)18-10-8-17(9-11-18)24(25)26/h4-11,16H,2-3,12-13H2,1H3. The number of non-ortho nitro benzene ring substituents is 1. The Morgan fingerprint density at radius 3 is 2.50 bits per heavy atom. The summed E-state index contributed by atoms with van der Waals surface area (Å²) >= 11 is 0. The summed E-state index contributed by atoms with van der Waals surface area (Å²) in [4.78, 5) is 14.8. The third kappa shape index (κ3) is 3.96. The number of nitro groups is 1. The molecule has 1 unspecified atom stereocenters. The summed E-state index contributed by atoms with van der Waals surface area (Å²) in [7, 11) is -3.77. The zero-order valence-electron chi connectivity index (χ0n) is 16.3. The molecule has 0 amide bonds. The van der Waals surface area contributed by atoms with Crippen molar-refractivity contribution in [3.63, 3.8) is 0 Å². The molecule has 4 rings (SSSR count). The predicted molar refractivity (Wildman–Crippen MR) is 108 cm³/mol. The second-order valence-electron chi connectivity index (χ2n) is 7.28. The smallest absolute Gasteiger partial charge is 0.269 e. The van der Waals surface area contributed by atoms with Gasteiger partial charge in [-0.2, -0.15) is 9.29 Å². The molecule has 0 radical (unpaired) electrons. The van der Waals surface area contributed by atoms with Gasteiger partial charge in [-0.3, -0.25) is 10.1 Å². The maximum atomic E-state index is 13.0. The second kappa shape index (κ2) is 7.96. The Morgan fingerprint density at radius 1 is 1.13 bits per heavy atom. The van der Waals surface area contributed by atoms with Crippen LogP contribution in [-0.4, -0.2) is 40.9 Å². The van der Waals surface area contributed by atoms with Gasteiger partial charge in [-0.25, -0.2) is 8.42 Å². The third-order valence-corrected chi connectivity index (χ3v) is 7.05. The Balaban J connectivity index is 1.53. The molecule has 1 saturated heterocycles. The normalized spacial score (nSPS) is 17.7. The molecular weight excluding hydrogens is 408 g/mol. The number of aromatic nitrogens is 2. The van der Waals surface area contributed by atoms with Gasteiger partial charge in [0, 0.05) is 30.8 Å². The van der Waals surface area contributed by atoms with Gasteiger partial charge in [0.1, 0.15) is 0 Å². The van der Waals surface area contributed by atoms with E-state index in [1.165, 1.54) is 28.6 Å². The molecule has 1 fully saturated rings. The SMILES string of the molecule is Cc1ccc(-c2noc(C3CCCN(S(=O)(=O)c4ccc([N+](=O)[O-])cc4)C3)n2)cc1. The van der Waals surface area contributed by atoms with Crippen LogP contribution >= 0.6 is 0 Å². The second-order valence-corrected chi connectivity index (χ2v) is 9.21. The van der Waals surface area contributed by atoms with E-state index in [0.29, 0.717) is 24.7 Å². The van der Waals surface area contributed by atoms with Crippen molar-refractivity contribution in [2.45, 2.75) is 30.6 Å². The lowest BCUT2D eigenvalue weighted by atomic mass is 10.00. The van der Waals surface area contributed by atoms with Crippen LogP contribution in [0.15, 0.2) is 57.9 Å². The number of benzene rings is 2. The highest BCUT2D eigenvalue weighted by Crippen LogP contribution is 2.31. The molecule has 1 atom stereocenters. The van der Waals surface area contributed by atoms with Gasteiger partial charge in [-0.05, 0) is 31.9 Å². The highest BCUT2D eigenvalue weighted by molar-refractivity contribution is 7.89. The number of sulfonamides is 1. The van der Waals surface area contributed by atoms with E-state index in [0.717, 1.165) is 17.5 Å². The van der Waals surface area contributed by atoms with Crippen LogP contribution in [0, 0.1) is 17.0 Å². The highest BCUT2D eigenvalue weighted by Gasteiger charge is 2.33. The van der Waals surface area contributed by atoms with Crippen LogP contribution in [0.1, 0.15) is 30.2 Å². The lowest BCUT2D eigenvalue weighted by molar-refractivity contribution is -0.384. The van der Waals surface area contributed by atoms with E-state index in [-0.39, 0.29) is 23.0 Å². The van der Waals surface area contributed by atoms with E-state index in [1.807, 2.05) is 31.2 Å². The fourth-order valence-corrected chi connectivity index (χ4v) is 5.00. The molecule has 1 aliphatic rings. The molecule has 0 saturated carbocycles. The summed E-state index contributed by atoms with van der Waals surface area (Å²) in [6.07, 6.45) is 1.39. The van der Waals surface area contributed by atoms with Crippen molar-refractivity contribution in [2.24, 2.45) is 0 Å². The number of nitro benzene ring substituents is 1. The Kier molecular flexibility index (Phi) is 5.35. The van der Waals surface area contributed by atoms with Gasteiger partial charge in [0.15, 0.2) is 0 Å². The predicted octanol–water partition coefficient (Wildman–Crippen LogP) is 3.52. The molecule has 0 N–H and O–H groups in total. The molecule has 1 aliphatic heterocycles. The van der Waals surface area contributed by atoms with Crippen molar-refractivity contribution in [1.29, 1.82) is 0 Å². The molecule has 0 bridgehead atoms. The largest absolute Gasteiger partial charge is 0.339 e. The van der Waals surface area contributed by atoms with Crippen molar-refractivity contribution < 1.29 is 17.9 Å². The zero-order chi connectivity index (χ0) is 21.3. The van der Waals surface area contributed by atoms with Crippen LogP contribution in [0.4, 0.5) is 5.69 Å². The van der Waals surface area contributed by atoms with E-state index in [9.17, 15) is 18.5 Å². The van der Waals surface area contributed by atoms with Crippen LogP contribution in [0.2, 0.25) is 0 Å². The molecule has 9 nitrogen and oxygen atoms in total. The van der Waals surface area contributed by atoms with Crippen molar-refractivity contribution in [3.05, 3.63) is 70.1 Å². The fraction of sp³-hybridized carbons (Fsp3) is 0.300. The van der Waals surface area contributed by atoms with Crippen molar-refractivity contribution in [3.8, 4) is 11.4 Å². The minimum Gasteiger partial charge on any atom is -0.339 e. The van der Waals surface area contributed by atoms with Gasteiger partial charge in [0.25, 0.3) is 5.69 Å². The first kappa shape index (κ1) is 20.2. The molecule has 0 aliphatic carbocycles. The van der Waals surface area contributed by atoms with Gasteiger partial charge in [-0.15, -0.1) is 0 Å². The topological polar surface area (TPSA) is 119 Å². The minimum atomic E-state index is -3.77. The summed E-state index contributed by atoms with van der Waals surface area (Å²) in [5, 5.41) is 14.9. The van der Waals surface area contributed by atoms with Gasteiger partial charge in [0.05, 0.1) is 15.7 Å². The minimum absolute atomic E-state index is 0.0274. The summed E-state index contributed by atoms with van der Waals surface area (Å²) in [5.74, 6) is 0.674. The maximum absolute atomic E-state index is 13.0. The maximum Gasteiger partial charge on any atom is 0.269 e. The van der Waals surface area contributed by atoms with Crippen molar-refractivity contribution in [2.75, 3.05) is 13.1 Å². The summed E-state index contributed by atoms with van der Waals surface area (Å²) in [5.41, 5.74) is 1.81. The molecule has 10 heteroatoms. The summed E-state index contributed by atoms with van der Waals surface area (Å²) in [6.45, 7) is 2.58. The zero-order valence-corrected chi connectivity index (χ0v) is 17.1. The lowest BCUT2D eigenvalue weighted by Gasteiger charge is -2.30. The molecule has 156 valence electrons. The van der Waals surface area contributed by atoms with Gasteiger partial charge < -0.3 is 4.52 Å². The van der Waals surface area contributed by atoms with Gasteiger partial charge in [0.2, 0.25) is 21.7 Å². The molecule has 30 heavy (non-hydrogen) atoms. The van der Waals surface area contributed by atoms with Crippen molar-refractivity contribution >= 4 is 15.7 Å². The number of hydrogen-bond donors (Lipinski definition) is 0. The Morgan fingerprint density at radius 2 is 1.83 bits per heavy atom. The molecule has 0 spiro atoms. The number of aryl methyl sites for hydroxylation is 1. The van der Waals surface area contributed by atoms with Crippen LogP contribution in [-0.2, 0) is 10.0 Å². The molecule has 3 aromatic rings. The van der Waals surface area contributed by atoms with E-state index in [4.69, 9.17) is 4.52 Å². The molecule has 1 aromatic heterocycles. The van der Waals surface area contributed by atoms with Gasteiger partial charge in [-0.1, -0.05) is 35.0 Å².